The number of benzene rings is 2. The van der Waals surface area contributed by atoms with E-state index in [0.717, 1.165) is 5.06 Å². The number of hydrogen-bond donors (Lipinski definition) is 0. The third-order valence-electron chi connectivity index (χ3n) is 6.17. The Bertz CT molecular complexity index is 1360. The molecule has 1 atom stereocenters. The van der Waals surface area contributed by atoms with E-state index in [1.807, 2.05) is 6.92 Å². The van der Waals surface area contributed by atoms with Crippen molar-refractivity contribution in [3.63, 3.8) is 0 Å². The molecule has 0 N–H and O–H groups in total. The number of carbonyl (C=O) groups is 3. The minimum absolute atomic E-state index is 0.00467. The summed E-state index contributed by atoms with van der Waals surface area (Å²) in [7, 11) is 1.50. The molecule has 0 saturated heterocycles. The van der Waals surface area contributed by atoms with Gasteiger partial charge in [-0.25, -0.2) is 9.59 Å². The fourth-order valence-corrected chi connectivity index (χ4v) is 4.52. The molecule has 0 radical (unpaired) electrons. The molecule has 0 bridgehead atoms. The first-order valence-electron chi connectivity index (χ1n) is 13.8. The predicted molar refractivity (Wildman–Crippen MR) is 155 cm³/mol. The minimum atomic E-state index is -1.11. The quantitative estimate of drug-likeness (QED) is 0.185. The van der Waals surface area contributed by atoms with Gasteiger partial charge in [-0.2, -0.15) is 0 Å². The number of nitro benzene ring substituents is 1. The van der Waals surface area contributed by atoms with Crippen LogP contribution in [0.1, 0.15) is 82.4 Å². The van der Waals surface area contributed by atoms with Crippen LogP contribution in [0.15, 0.2) is 36.4 Å². The number of rotatable bonds is 9. The van der Waals surface area contributed by atoms with Gasteiger partial charge < -0.3 is 28.7 Å². The Morgan fingerprint density at radius 1 is 1.05 bits per heavy atom. The zero-order chi connectivity index (χ0) is 32.1. The van der Waals surface area contributed by atoms with E-state index in [1.165, 1.54) is 24.1 Å². The summed E-state index contributed by atoms with van der Waals surface area (Å²) in [5.41, 5.74) is -0.978. The van der Waals surface area contributed by atoms with E-state index >= 15 is 0 Å². The molecule has 0 saturated carbocycles. The molecule has 13 heteroatoms. The fourth-order valence-electron chi connectivity index (χ4n) is 4.52. The summed E-state index contributed by atoms with van der Waals surface area (Å²) in [6, 6.07) is 8.88. The molecule has 43 heavy (non-hydrogen) atoms. The average Bonchev–Trinajstić information content (AvgIpc) is 3.22. The molecule has 0 spiro atoms. The van der Waals surface area contributed by atoms with Crippen LogP contribution in [-0.4, -0.2) is 64.5 Å². The van der Waals surface area contributed by atoms with Crippen LogP contribution in [0.4, 0.5) is 15.3 Å². The Morgan fingerprint density at radius 3 is 2.30 bits per heavy atom. The van der Waals surface area contributed by atoms with E-state index in [1.54, 1.807) is 65.8 Å². The van der Waals surface area contributed by atoms with Crippen molar-refractivity contribution in [2.24, 2.45) is 0 Å². The molecule has 2 aromatic rings. The molecule has 2 aromatic carbocycles. The third kappa shape index (κ3) is 8.49. The van der Waals surface area contributed by atoms with Crippen molar-refractivity contribution in [2.45, 2.75) is 78.7 Å². The molecule has 234 valence electrons. The lowest BCUT2D eigenvalue weighted by Gasteiger charge is -2.31. The van der Waals surface area contributed by atoms with Crippen molar-refractivity contribution in [3.05, 3.63) is 63.2 Å². The Kier molecular flexibility index (Phi) is 10.1. The topological polar surface area (TPSA) is 147 Å². The molecular weight excluding hydrogens is 562 g/mol. The van der Waals surface area contributed by atoms with Crippen LogP contribution < -0.4 is 9.47 Å². The maximum Gasteiger partial charge on any atom is 0.534 e. The van der Waals surface area contributed by atoms with Crippen molar-refractivity contribution in [1.29, 1.82) is 0 Å². The summed E-state index contributed by atoms with van der Waals surface area (Å²) in [6.45, 7) is 12.0. The van der Waals surface area contributed by atoms with Gasteiger partial charge in [0.2, 0.25) is 0 Å². The number of amides is 2. The third-order valence-corrected chi connectivity index (χ3v) is 6.17. The second-order valence-corrected chi connectivity index (χ2v) is 11.8. The molecule has 2 amide bonds. The summed E-state index contributed by atoms with van der Waals surface area (Å²) < 4.78 is 21.8. The first-order valence-corrected chi connectivity index (χ1v) is 13.8. The van der Waals surface area contributed by atoms with Gasteiger partial charge in [0.25, 0.3) is 11.6 Å². The van der Waals surface area contributed by atoms with Gasteiger partial charge >= 0.3 is 12.2 Å². The second kappa shape index (κ2) is 13.2. The number of nitrogens with zero attached hydrogens (tertiary/aromatic N) is 3. The highest BCUT2D eigenvalue weighted by atomic mass is 16.8. The van der Waals surface area contributed by atoms with Crippen molar-refractivity contribution >= 4 is 23.8 Å². The van der Waals surface area contributed by atoms with Gasteiger partial charge in [-0.15, -0.1) is 5.06 Å². The van der Waals surface area contributed by atoms with Crippen LogP contribution in [0.25, 0.3) is 0 Å². The largest absolute Gasteiger partial charge is 0.534 e. The van der Waals surface area contributed by atoms with Gasteiger partial charge in [-0.3, -0.25) is 14.9 Å². The van der Waals surface area contributed by atoms with Crippen molar-refractivity contribution in [1.82, 2.24) is 9.96 Å². The number of carbonyl (C=O) groups excluding carboxylic acids is 3. The van der Waals surface area contributed by atoms with Gasteiger partial charge in [0.05, 0.1) is 31.2 Å². The van der Waals surface area contributed by atoms with Crippen molar-refractivity contribution < 1.29 is 43.1 Å². The van der Waals surface area contributed by atoms with E-state index in [0.29, 0.717) is 29.2 Å². The lowest BCUT2D eigenvalue weighted by atomic mass is 10.0. The maximum atomic E-state index is 13.7. The first-order chi connectivity index (χ1) is 20.0. The van der Waals surface area contributed by atoms with E-state index < -0.39 is 40.3 Å². The number of ether oxygens (including phenoxy) is 4. The summed E-state index contributed by atoms with van der Waals surface area (Å²) in [5.74, 6) is 0.356. The van der Waals surface area contributed by atoms with E-state index in [2.05, 4.69) is 0 Å². The second-order valence-electron chi connectivity index (χ2n) is 11.8. The van der Waals surface area contributed by atoms with Crippen LogP contribution in [-0.2, 0) is 20.9 Å². The molecule has 0 aromatic heterocycles. The van der Waals surface area contributed by atoms with E-state index in [-0.39, 0.29) is 30.8 Å². The van der Waals surface area contributed by atoms with Crippen LogP contribution in [0.5, 0.6) is 11.5 Å². The number of hydroxylamine groups is 2. The predicted octanol–water partition coefficient (Wildman–Crippen LogP) is 6.19. The molecule has 3 rings (SSSR count). The highest BCUT2D eigenvalue weighted by Crippen LogP contribution is 2.40. The van der Waals surface area contributed by atoms with Gasteiger partial charge in [0.1, 0.15) is 16.8 Å². The molecule has 1 aliphatic rings. The summed E-state index contributed by atoms with van der Waals surface area (Å²) >= 11 is 0. The van der Waals surface area contributed by atoms with Gasteiger partial charge in [0, 0.05) is 12.6 Å². The normalized spacial score (nSPS) is 13.6. The smallest absolute Gasteiger partial charge is 0.493 e. The lowest BCUT2D eigenvalue weighted by molar-refractivity contribution is -0.385. The van der Waals surface area contributed by atoms with Crippen molar-refractivity contribution in [2.75, 3.05) is 20.3 Å². The summed E-state index contributed by atoms with van der Waals surface area (Å²) in [6.07, 6.45) is -2.00. The lowest BCUT2D eigenvalue weighted by Crippen LogP contribution is -2.41. The standard InChI is InChI=1S/C30H39N3O10/c1-9-40-24-17-19(13-14-23(24)39-8)21(31-18-20-11-10-12-22(33(37)38)25(20)26(31)34)15-16-32(27(35)41-29(2,3)4)43-28(36)42-30(5,6)7/h10-14,17,21H,9,15-16,18H2,1-8H3/t21-/m1/s1. The number of fused-ring (bicyclic) bond motifs is 1. The van der Waals surface area contributed by atoms with Gasteiger partial charge in [-0.1, -0.05) is 18.2 Å². The SMILES string of the molecule is CCOc1cc([C@@H](CCN(OC(=O)OC(C)(C)C)C(=O)OC(C)(C)C)N2Cc3cccc([N+](=O)[O-])c3C2=O)ccc1OC. The monoisotopic (exact) mass is 601 g/mol. The Balaban J connectivity index is 2.02. The molecule has 0 fully saturated rings. The Hall–Kier alpha value is -4.55. The van der Waals surface area contributed by atoms with Crippen LogP contribution in [0, 0.1) is 10.1 Å². The first kappa shape index (κ1) is 33.0. The molecular formula is C30H39N3O10. The number of methoxy groups -OCH3 is 1. The number of hydrogen-bond acceptors (Lipinski definition) is 10. The molecule has 0 unspecified atom stereocenters. The molecule has 13 nitrogen and oxygen atoms in total. The van der Waals surface area contributed by atoms with Crippen LogP contribution in [0.2, 0.25) is 0 Å². The maximum absolute atomic E-state index is 13.7. The average molecular weight is 602 g/mol. The number of nitro groups is 1. The summed E-state index contributed by atoms with van der Waals surface area (Å²) in [4.78, 5) is 57.3. The van der Waals surface area contributed by atoms with Crippen LogP contribution >= 0.6 is 0 Å². The summed E-state index contributed by atoms with van der Waals surface area (Å²) in [5, 5.41) is 12.5. The molecule has 0 aliphatic carbocycles. The Labute approximate surface area is 250 Å². The van der Waals surface area contributed by atoms with Gasteiger partial charge in [-0.05, 0) is 78.1 Å². The van der Waals surface area contributed by atoms with Gasteiger partial charge in [0.15, 0.2) is 11.5 Å². The molecule has 1 aliphatic heterocycles. The van der Waals surface area contributed by atoms with Crippen molar-refractivity contribution in [3.8, 4) is 11.5 Å². The highest BCUT2D eigenvalue weighted by Gasteiger charge is 2.39. The zero-order valence-electron chi connectivity index (χ0n) is 25.8. The Morgan fingerprint density at radius 2 is 1.72 bits per heavy atom. The van der Waals surface area contributed by atoms with E-state index in [9.17, 15) is 24.5 Å². The fraction of sp³-hybridized carbons (Fsp3) is 0.500. The van der Waals surface area contributed by atoms with E-state index in [4.69, 9.17) is 23.8 Å². The highest BCUT2D eigenvalue weighted by molar-refractivity contribution is 6.02. The zero-order valence-corrected chi connectivity index (χ0v) is 25.8. The molecule has 1 heterocycles. The minimum Gasteiger partial charge on any atom is -0.493 e. The van der Waals surface area contributed by atoms with Crippen LogP contribution in [0.3, 0.4) is 0 Å².